The summed E-state index contributed by atoms with van der Waals surface area (Å²) in [6, 6.07) is 1.45. The summed E-state index contributed by atoms with van der Waals surface area (Å²) in [5, 5.41) is 4.86. The highest BCUT2D eigenvalue weighted by Gasteiger charge is 2.29. The normalized spacial score (nSPS) is 28.6. The Morgan fingerprint density at radius 1 is 1.45 bits per heavy atom. The third-order valence-corrected chi connectivity index (χ3v) is 2.55. The van der Waals surface area contributed by atoms with E-state index >= 15 is 0 Å². The molecular weight excluding hydrogens is 136 g/mol. The van der Waals surface area contributed by atoms with Crippen LogP contribution < -0.4 is 0 Å². The van der Waals surface area contributed by atoms with Crippen molar-refractivity contribution in [2.75, 3.05) is 13.6 Å². The quantitative estimate of drug-likeness (QED) is 0.600. The van der Waals surface area contributed by atoms with Gasteiger partial charge in [-0.15, -0.1) is 0 Å². The van der Waals surface area contributed by atoms with Crippen LogP contribution in [-0.4, -0.2) is 35.7 Å². The molecule has 0 aromatic rings. The molecule has 1 fully saturated rings. The van der Waals surface area contributed by atoms with Gasteiger partial charge >= 0.3 is 0 Å². The van der Waals surface area contributed by atoms with Crippen molar-refractivity contribution in [2.24, 2.45) is 0 Å². The molecule has 0 aromatic heterocycles. The maximum absolute atomic E-state index is 2.50. The van der Waals surface area contributed by atoms with Crippen LogP contribution in [0.4, 0.5) is 0 Å². The van der Waals surface area contributed by atoms with E-state index < -0.39 is 0 Å². The van der Waals surface area contributed by atoms with Gasteiger partial charge < -0.3 is 0 Å². The molecule has 1 atom stereocenters. The Morgan fingerprint density at radius 3 is 2.45 bits per heavy atom. The summed E-state index contributed by atoms with van der Waals surface area (Å²) in [5.74, 6) is 0. The van der Waals surface area contributed by atoms with E-state index in [1.54, 1.807) is 0 Å². The van der Waals surface area contributed by atoms with E-state index in [0.717, 1.165) is 6.04 Å². The van der Waals surface area contributed by atoms with Crippen LogP contribution in [-0.2, 0) is 0 Å². The fourth-order valence-electron chi connectivity index (χ4n) is 2.07. The fourth-order valence-corrected chi connectivity index (χ4v) is 2.07. The van der Waals surface area contributed by atoms with Gasteiger partial charge in [0.25, 0.3) is 0 Å². The lowest BCUT2D eigenvalue weighted by atomic mass is 10.1. The molecule has 1 aliphatic rings. The van der Waals surface area contributed by atoms with E-state index in [4.69, 9.17) is 0 Å². The lowest BCUT2D eigenvalue weighted by molar-refractivity contribution is -0.0103. The molecule has 11 heavy (non-hydrogen) atoms. The average Bonchev–Trinajstić information content (AvgIpc) is 2.30. The number of hydrogen-bond acceptors (Lipinski definition) is 2. The van der Waals surface area contributed by atoms with Crippen LogP contribution in [0.5, 0.6) is 0 Å². The van der Waals surface area contributed by atoms with Gasteiger partial charge in [-0.05, 0) is 26.7 Å². The molecule has 1 saturated heterocycles. The van der Waals surface area contributed by atoms with Crippen LogP contribution in [0, 0.1) is 0 Å². The largest absolute Gasteiger partial charge is 0.244 e. The predicted octanol–water partition coefficient (Wildman–Crippen LogP) is 1.73. The minimum absolute atomic E-state index is 0.660. The van der Waals surface area contributed by atoms with Crippen LogP contribution in [0.25, 0.3) is 0 Å². The molecule has 0 bridgehead atoms. The first kappa shape index (κ1) is 9.01. The van der Waals surface area contributed by atoms with E-state index in [1.165, 1.54) is 19.4 Å². The Kier molecular flexibility index (Phi) is 2.90. The Hall–Kier alpha value is -0.0800. The Balaban J connectivity index is 2.56. The van der Waals surface area contributed by atoms with Crippen molar-refractivity contribution >= 4 is 0 Å². The van der Waals surface area contributed by atoms with E-state index in [0.29, 0.717) is 6.04 Å². The standard InChI is InChI=1S/C9H20N2/c1-5-9-6-7-10(4)11(9)8(2)3/h8-9H,5-7H2,1-4H3/t9-/m1/s1. The van der Waals surface area contributed by atoms with Gasteiger partial charge in [0.1, 0.15) is 0 Å². The van der Waals surface area contributed by atoms with Gasteiger partial charge in [0, 0.05) is 25.7 Å². The number of hydrazine groups is 1. The van der Waals surface area contributed by atoms with Crippen molar-refractivity contribution in [1.82, 2.24) is 10.0 Å². The first-order valence-electron chi connectivity index (χ1n) is 4.66. The summed E-state index contributed by atoms with van der Waals surface area (Å²) in [5.41, 5.74) is 0. The molecule has 0 spiro atoms. The van der Waals surface area contributed by atoms with Crippen LogP contribution in [0.3, 0.4) is 0 Å². The average molecular weight is 156 g/mol. The molecule has 0 radical (unpaired) electrons. The first-order valence-corrected chi connectivity index (χ1v) is 4.66. The summed E-state index contributed by atoms with van der Waals surface area (Å²) in [6.07, 6.45) is 2.62. The van der Waals surface area contributed by atoms with Crippen molar-refractivity contribution in [3.63, 3.8) is 0 Å². The molecule has 0 unspecified atom stereocenters. The maximum Gasteiger partial charge on any atom is 0.0258 e. The lowest BCUT2D eigenvalue weighted by Gasteiger charge is -2.32. The second-order valence-electron chi connectivity index (χ2n) is 3.71. The van der Waals surface area contributed by atoms with Gasteiger partial charge in [0.2, 0.25) is 0 Å². The van der Waals surface area contributed by atoms with Gasteiger partial charge in [-0.1, -0.05) is 6.92 Å². The molecule has 0 amide bonds. The van der Waals surface area contributed by atoms with Crippen LogP contribution in [0.2, 0.25) is 0 Å². The number of hydrogen-bond donors (Lipinski definition) is 0. The topological polar surface area (TPSA) is 6.48 Å². The molecular formula is C9H20N2. The molecule has 0 aromatic carbocycles. The molecule has 1 aliphatic heterocycles. The lowest BCUT2D eigenvalue weighted by Crippen LogP contribution is -2.43. The summed E-state index contributed by atoms with van der Waals surface area (Å²) in [4.78, 5) is 0. The van der Waals surface area contributed by atoms with Crippen molar-refractivity contribution < 1.29 is 0 Å². The molecule has 0 saturated carbocycles. The third kappa shape index (κ3) is 1.74. The van der Waals surface area contributed by atoms with Gasteiger partial charge in [-0.3, -0.25) is 0 Å². The van der Waals surface area contributed by atoms with E-state index in [-0.39, 0.29) is 0 Å². The number of nitrogens with zero attached hydrogens (tertiary/aromatic N) is 2. The van der Waals surface area contributed by atoms with E-state index in [2.05, 4.69) is 37.8 Å². The van der Waals surface area contributed by atoms with Crippen molar-refractivity contribution in [3.8, 4) is 0 Å². The molecule has 2 nitrogen and oxygen atoms in total. The molecule has 66 valence electrons. The second-order valence-corrected chi connectivity index (χ2v) is 3.71. The highest BCUT2D eigenvalue weighted by Crippen LogP contribution is 2.21. The summed E-state index contributed by atoms with van der Waals surface area (Å²) in [7, 11) is 2.19. The molecule has 2 heteroatoms. The molecule has 0 aliphatic carbocycles. The Labute approximate surface area is 70.1 Å². The van der Waals surface area contributed by atoms with Crippen molar-refractivity contribution in [3.05, 3.63) is 0 Å². The Morgan fingerprint density at radius 2 is 2.09 bits per heavy atom. The zero-order chi connectivity index (χ0) is 8.43. The monoisotopic (exact) mass is 156 g/mol. The SMILES string of the molecule is CC[C@@H]1CCN(C)N1C(C)C. The number of rotatable bonds is 2. The first-order chi connectivity index (χ1) is 5.16. The van der Waals surface area contributed by atoms with Gasteiger partial charge in [0.05, 0.1) is 0 Å². The summed E-state index contributed by atoms with van der Waals surface area (Å²) < 4.78 is 0. The van der Waals surface area contributed by atoms with Gasteiger partial charge in [-0.2, -0.15) is 0 Å². The van der Waals surface area contributed by atoms with Crippen molar-refractivity contribution in [1.29, 1.82) is 0 Å². The second kappa shape index (κ2) is 3.55. The van der Waals surface area contributed by atoms with Gasteiger partial charge in [-0.25, -0.2) is 10.0 Å². The fraction of sp³-hybridized carbons (Fsp3) is 1.00. The van der Waals surface area contributed by atoms with Crippen LogP contribution in [0.1, 0.15) is 33.6 Å². The van der Waals surface area contributed by atoms with E-state index in [9.17, 15) is 0 Å². The molecule has 0 N–H and O–H groups in total. The molecule has 1 heterocycles. The third-order valence-electron chi connectivity index (χ3n) is 2.55. The summed E-state index contributed by atoms with van der Waals surface area (Å²) in [6.45, 7) is 8.05. The zero-order valence-corrected chi connectivity index (χ0v) is 8.17. The Bertz CT molecular complexity index is 123. The highest BCUT2D eigenvalue weighted by atomic mass is 15.7. The minimum atomic E-state index is 0.660. The van der Waals surface area contributed by atoms with Crippen LogP contribution in [0.15, 0.2) is 0 Å². The van der Waals surface area contributed by atoms with Gasteiger partial charge in [0.15, 0.2) is 0 Å². The maximum atomic E-state index is 2.50. The smallest absolute Gasteiger partial charge is 0.0258 e. The predicted molar refractivity (Wildman–Crippen MR) is 48.3 cm³/mol. The molecule has 1 rings (SSSR count). The zero-order valence-electron chi connectivity index (χ0n) is 8.17. The summed E-state index contributed by atoms with van der Waals surface area (Å²) >= 11 is 0. The van der Waals surface area contributed by atoms with Crippen molar-refractivity contribution in [2.45, 2.75) is 45.7 Å². The van der Waals surface area contributed by atoms with Crippen LogP contribution >= 0.6 is 0 Å². The minimum Gasteiger partial charge on any atom is -0.244 e. The highest BCUT2D eigenvalue weighted by molar-refractivity contribution is 4.78. The van der Waals surface area contributed by atoms with E-state index in [1.807, 2.05) is 0 Å².